The minimum absolute atomic E-state index is 0.00855. The molecule has 4 rings (SSSR count). The number of fused-ring (bicyclic) bond motifs is 1. The number of amides is 1. The maximum atomic E-state index is 12.3. The van der Waals surface area contributed by atoms with E-state index in [0.29, 0.717) is 18.7 Å². The fourth-order valence-electron chi connectivity index (χ4n) is 3.59. The number of ether oxygens (including phenoxy) is 1. The summed E-state index contributed by atoms with van der Waals surface area (Å²) in [5.41, 5.74) is 1.78. The van der Waals surface area contributed by atoms with Crippen molar-refractivity contribution in [1.29, 1.82) is 0 Å². The molecule has 1 amide bonds. The van der Waals surface area contributed by atoms with Gasteiger partial charge in [-0.25, -0.2) is 0 Å². The summed E-state index contributed by atoms with van der Waals surface area (Å²) in [6.07, 6.45) is 4.01. The van der Waals surface area contributed by atoms with Crippen molar-refractivity contribution in [3.05, 3.63) is 71.6 Å². The largest absolute Gasteiger partial charge is 0.491 e. The summed E-state index contributed by atoms with van der Waals surface area (Å²) in [6, 6.07) is 11.3. The normalized spacial score (nSPS) is 14.0. The van der Waals surface area contributed by atoms with E-state index in [1.165, 1.54) is 5.56 Å². The van der Waals surface area contributed by atoms with Gasteiger partial charge in [0.2, 0.25) is 0 Å². The van der Waals surface area contributed by atoms with Gasteiger partial charge < -0.3 is 19.7 Å². The monoisotopic (exact) mass is 422 g/mol. The Morgan fingerprint density at radius 1 is 1.06 bits per heavy atom. The molecule has 0 spiro atoms. The Hall–Kier alpha value is -3.30. The van der Waals surface area contributed by atoms with Crippen molar-refractivity contribution in [3.63, 3.8) is 0 Å². The Bertz CT molecular complexity index is 990. The van der Waals surface area contributed by atoms with Crippen molar-refractivity contribution in [2.24, 2.45) is 0 Å². The SMILES string of the molecule is O=C(NCc1nnc2n1CCN(Cc1ccc(OCCO)cc1)CC2)c1ccncc1. The number of benzene rings is 1. The van der Waals surface area contributed by atoms with Gasteiger partial charge in [0.1, 0.15) is 18.2 Å². The van der Waals surface area contributed by atoms with Crippen LogP contribution in [0.1, 0.15) is 27.6 Å². The highest BCUT2D eigenvalue weighted by molar-refractivity contribution is 5.93. The van der Waals surface area contributed by atoms with Gasteiger partial charge in [-0.1, -0.05) is 12.1 Å². The van der Waals surface area contributed by atoms with Gasteiger partial charge in [-0.15, -0.1) is 10.2 Å². The maximum absolute atomic E-state index is 12.3. The topological polar surface area (TPSA) is 105 Å². The minimum Gasteiger partial charge on any atom is -0.491 e. The van der Waals surface area contributed by atoms with Gasteiger partial charge in [-0.2, -0.15) is 0 Å². The van der Waals surface area contributed by atoms with E-state index in [9.17, 15) is 4.79 Å². The lowest BCUT2D eigenvalue weighted by Crippen LogP contribution is -2.28. The van der Waals surface area contributed by atoms with Crippen molar-refractivity contribution in [2.75, 3.05) is 26.3 Å². The van der Waals surface area contributed by atoms with Crippen molar-refractivity contribution in [3.8, 4) is 5.75 Å². The zero-order valence-corrected chi connectivity index (χ0v) is 17.3. The Kier molecular flexibility index (Phi) is 6.85. The van der Waals surface area contributed by atoms with Crippen LogP contribution in [0, 0.1) is 0 Å². The first-order valence-corrected chi connectivity index (χ1v) is 10.4. The molecule has 2 aromatic heterocycles. The molecule has 0 aliphatic carbocycles. The number of hydrogen-bond acceptors (Lipinski definition) is 7. The summed E-state index contributed by atoms with van der Waals surface area (Å²) in [5, 5.41) is 20.4. The first kappa shape index (κ1) is 21.0. The average molecular weight is 422 g/mol. The van der Waals surface area contributed by atoms with Crippen LogP contribution in [-0.2, 0) is 26.1 Å². The summed E-state index contributed by atoms with van der Waals surface area (Å²) in [6.45, 7) is 4.03. The second-order valence-corrected chi connectivity index (χ2v) is 7.34. The lowest BCUT2D eigenvalue weighted by Gasteiger charge is -2.20. The summed E-state index contributed by atoms with van der Waals surface area (Å²) in [5.74, 6) is 2.33. The van der Waals surface area contributed by atoms with Crippen LogP contribution in [0.25, 0.3) is 0 Å². The van der Waals surface area contributed by atoms with Crippen LogP contribution in [-0.4, -0.2) is 62.0 Å². The number of hydrogen-bond donors (Lipinski definition) is 2. The predicted molar refractivity (Wildman–Crippen MR) is 113 cm³/mol. The fraction of sp³-hybridized carbons (Fsp3) is 0.364. The first-order valence-electron chi connectivity index (χ1n) is 10.4. The van der Waals surface area contributed by atoms with Gasteiger partial charge in [0.15, 0.2) is 5.82 Å². The third kappa shape index (κ3) is 5.44. The summed E-state index contributed by atoms with van der Waals surface area (Å²) >= 11 is 0. The molecule has 0 bridgehead atoms. The molecule has 0 unspecified atom stereocenters. The second kappa shape index (κ2) is 10.1. The third-order valence-electron chi connectivity index (χ3n) is 5.23. The summed E-state index contributed by atoms with van der Waals surface area (Å²) in [7, 11) is 0. The van der Waals surface area contributed by atoms with E-state index >= 15 is 0 Å². The van der Waals surface area contributed by atoms with E-state index in [-0.39, 0.29) is 12.5 Å². The predicted octanol–water partition coefficient (Wildman–Crippen LogP) is 1.03. The molecule has 31 heavy (non-hydrogen) atoms. The number of aliphatic hydroxyl groups is 1. The molecule has 162 valence electrons. The summed E-state index contributed by atoms with van der Waals surface area (Å²) < 4.78 is 7.53. The molecule has 1 aromatic carbocycles. The van der Waals surface area contributed by atoms with Crippen molar-refractivity contribution >= 4 is 5.91 Å². The van der Waals surface area contributed by atoms with Gasteiger partial charge in [0, 0.05) is 50.6 Å². The number of carbonyl (C=O) groups excluding carboxylic acids is 1. The van der Waals surface area contributed by atoms with Crippen LogP contribution in [0.15, 0.2) is 48.8 Å². The Labute approximate surface area is 180 Å². The number of pyridine rings is 1. The quantitative estimate of drug-likeness (QED) is 0.559. The highest BCUT2D eigenvalue weighted by Gasteiger charge is 2.19. The van der Waals surface area contributed by atoms with E-state index in [1.54, 1.807) is 24.5 Å². The highest BCUT2D eigenvalue weighted by atomic mass is 16.5. The number of nitrogens with zero attached hydrogens (tertiary/aromatic N) is 5. The van der Waals surface area contributed by atoms with E-state index in [1.807, 2.05) is 12.1 Å². The van der Waals surface area contributed by atoms with E-state index in [2.05, 4.69) is 42.1 Å². The van der Waals surface area contributed by atoms with E-state index in [0.717, 1.165) is 50.0 Å². The molecule has 9 heteroatoms. The number of aromatic nitrogens is 4. The van der Waals surface area contributed by atoms with Crippen LogP contribution < -0.4 is 10.1 Å². The molecule has 0 fully saturated rings. The van der Waals surface area contributed by atoms with Gasteiger partial charge in [0.05, 0.1) is 13.2 Å². The van der Waals surface area contributed by atoms with Crippen LogP contribution in [0.3, 0.4) is 0 Å². The standard InChI is InChI=1S/C22H26N6O3/c29-13-14-31-19-3-1-17(2-4-19)16-27-10-7-20-25-26-21(28(20)12-11-27)15-24-22(30)18-5-8-23-9-6-18/h1-6,8-9,29H,7,10-16H2,(H,24,30). The molecule has 1 aliphatic heterocycles. The van der Waals surface area contributed by atoms with Crippen molar-refractivity contribution in [2.45, 2.75) is 26.1 Å². The molecule has 0 saturated heterocycles. The highest BCUT2D eigenvalue weighted by Crippen LogP contribution is 2.16. The first-order chi connectivity index (χ1) is 15.2. The van der Waals surface area contributed by atoms with Crippen LogP contribution in [0.2, 0.25) is 0 Å². The molecular formula is C22H26N6O3. The van der Waals surface area contributed by atoms with Gasteiger partial charge in [-0.05, 0) is 29.8 Å². The zero-order valence-electron chi connectivity index (χ0n) is 17.3. The average Bonchev–Trinajstić information content (AvgIpc) is 3.09. The lowest BCUT2D eigenvalue weighted by atomic mass is 10.2. The molecule has 1 aliphatic rings. The summed E-state index contributed by atoms with van der Waals surface area (Å²) in [4.78, 5) is 18.6. The van der Waals surface area contributed by atoms with E-state index in [4.69, 9.17) is 9.84 Å². The lowest BCUT2D eigenvalue weighted by molar-refractivity contribution is 0.0949. The van der Waals surface area contributed by atoms with E-state index < -0.39 is 0 Å². The minimum atomic E-state index is -0.151. The molecule has 3 aromatic rings. The van der Waals surface area contributed by atoms with Gasteiger partial charge in [0.25, 0.3) is 5.91 Å². The molecule has 0 saturated carbocycles. The molecule has 0 radical (unpaired) electrons. The Morgan fingerprint density at radius 2 is 1.87 bits per heavy atom. The van der Waals surface area contributed by atoms with Gasteiger partial charge in [-0.3, -0.25) is 14.7 Å². The molecule has 3 heterocycles. The number of nitrogens with one attached hydrogen (secondary N) is 1. The fourth-order valence-corrected chi connectivity index (χ4v) is 3.59. The van der Waals surface area contributed by atoms with Crippen LogP contribution in [0.5, 0.6) is 5.75 Å². The molecular weight excluding hydrogens is 396 g/mol. The smallest absolute Gasteiger partial charge is 0.251 e. The Morgan fingerprint density at radius 3 is 2.65 bits per heavy atom. The molecule has 9 nitrogen and oxygen atoms in total. The third-order valence-corrected chi connectivity index (χ3v) is 5.23. The number of rotatable bonds is 8. The van der Waals surface area contributed by atoms with Crippen molar-refractivity contribution in [1.82, 2.24) is 30.0 Å². The van der Waals surface area contributed by atoms with Crippen LogP contribution in [0.4, 0.5) is 0 Å². The molecule has 2 N–H and O–H groups in total. The van der Waals surface area contributed by atoms with Crippen molar-refractivity contribution < 1.29 is 14.6 Å². The Balaban J connectivity index is 1.32. The molecule has 0 atom stereocenters. The van der Waals surface area contributed by atoms with Crippen LogP contribution >= 0.6 is 0 Å². The second-order valence-electron chi connectivity index (χ2n) is 7.34. The zero-order chi connectivity index (χ0) is 21.5. The number of aliphatic hydroxyl groups excluding tert-OH is 1. The van der Waals surface area contributed by atoms with Gasteiger partial charge >= 0.3 is 0 Å². The number of carbonyl (C=O) groups is 1. The maximum Gasteiger partial charge on any atom is 0.251 e.